The highest BCUT2D eigenvalue weighted by Crippen LogP contribution is 2.17. The third-order valence-corrected chi connectivity index (χ3v) is 2.90. The van der Waals surface area contributed by atoms with Gasteiger partial charge in [0.15, 0.2) is 0 Å². The zero-order chi connectivity index (χ0) is 12.3. The number of β-amino-alcohol motifs (C(OH)–C–C–N with tert-alkyl or cyclic N) is 1. The molecule has 0 bridgehead atoms. The van der Waals surface area contributed by atoms with Gasteiger partial charge >= 0.3 is 5.97 Å². The van der Waals surface area contributed by atoms with Crippen LogP contribution in [0.25, 0.3) is 0 Å². The minimum atomic E-state index is -0.983. The van der Waals surface area contributed by atoms with E-state index in [1.54, 1.807) is 7.05 Å². The van der Waals surface area contributed by atoms with Gasteiger partial charge in [-0.05, 0) is 6.92 Å². The molecule has 0 aliphatic carbocycles. The van der Waals surface area contributed by atoms with Crippen LogP contribution in [-0.2, 0) is 9.59 Å². The van der Waals surface area contributed by atoms with Crippen molar-refractivity contribution in [3.8, 4) is 0 Å². The van der Waals surface area contributed by atoms with Crippen LogP contribution in [0.5, 0.6) is 0 Å². The van der Waals surface area contributed by atoms with E-state index in [2.05, 4.69) is 0 Å². The fourth-order valence-electron chi connectivity index (χ4n) is 1.78. The van der Waals surface area contributed by atoms with E-state index in [1.165, 1.54) is 9.80 Å². The van der Waals surface area contributed by atoms with E-state index in [1.807, 2.05) is 6.92 Å². The van der Waals surface area contributed by atoms with Crippen LogP contribution in [0.3, 0.4) is 0 Å². The maximum Gasteiger partial charge on any atom is 0.321 e. The van der Waals surface area contributed by atoms with E-state index in [0.717, 1.165) is 0 Å². The first-order valence-electron chi connectivity index (χ1n) is 5.34. The third kappa shape index (κ3) is 2.93. The molecule has 0 saturated carbocycles. The number of carbonyl (C=O) groups excluding carboxylic acids is 1. The summed E-state index contributed by atoms with van der Waals surface area (Å²) in [4.78, 5) is 25.6. The van der Waals surface area contributed by atoms with Gasteiger partial charge in [-0.15, -0.1) is 0 Å². The molecule has 1 fully saturated rings. The maximum atomic E-state index is 11.6. The van der Waals surface area contributed by atoms with Crippen molar-refractivity contribution in [1.82, 2.24) is 9.80 Å². The van der Waals surface area contributed by atoms with Gasteiger partial charge in [0.05, 0.1) is 12.6 Å². The lowest BCUT2D eigenvalue weighted by molar-refractivity contribution is -0.143. The summed E-state index contributed by atoms with van der Waals surface area (Å²) in [5, 5.41) is 18.3. The number of likely N-dealkylation sites (tertiary alicyclic amines) is 1. The Bertz CT molecular complexity index is 282. The van der Waals surface area contributed by atoms with Gasteiger partial charge in [-0.2, -0.15) is 0 Å². The lowest BCUT2D eigenvalue weighted by atomic mass is 10.2. The van der Waals surface area contributed by atoms with Gasteiger partial charge in [0.25, 0.3) is 0 Å². The lowest BCUT2D eigenvalue weighted by Gasteiger charge is -2.23. The number of aliphatic hydroxyl groups excluding tert-OH is 1. The molecule has 16 heavy (non-hydrogen) atoms. The van der Waals surface area contributed by atoms with Crippen molar-refractivity contribution in [1.29, 1.82) is 0 Å². The molecule has 1 rings (SSSR count). The van der Waals surface area contributed by atoms with Crippen molar-refractivity contribution in [2.75, 3.05) is 26.7 Å². The molecule has 0 spiro atoms. The molecule has 0 aromatic carbocycles. The number of nitrogens with zero attached hydrogens (tertiary/aromatic N) is 2. The van der Waals surface area contributed by atoms with Crippen LogP contribution in [-0.4, -0.2) is 70.7 Å². The van der Waals surface area contributed by atoms with Crippen molar-refractivity contribution < 1.29 is 19.8 Å². The normalized spacial score (nSPS) is 25.7. The van der Waals surface area contributed by atoms with Crippen LogP contribution in [0, 0.1) is 0 Å². The van der Waals surface area contributed by atoms with Crippen LogP contribution >= 0.6 is 0 Å². The van der Waals surface area contributed by atoms with Crippen molar-refractivity contribution in [3.63, 3.8) is 0 Å². The maximum absolute atomic E-state index is 11.6. The number of rotatable bonds is 4. The van der Waals surface area contributed by atoms with Gasteiger partial charge in [-0.1, -0.05) is 0 Å². The molecule has 2 unspecified atom stereocenters. The van der Waals surface area contributed by atoms with E-state index < -0.39 is 18.1 Å². The highest BCUT2D eigenvalue weighted by atomic mass is 16.4. The Morgan fingerprint density at radius 3 is 2.62 bits per heavy atom. The number of amides is 1. The molecule has 92 valence electrons. The summed E-state index contributed by atoms with van der Waals surface area (Å²) in [5.74, 6) is -1.11. The van der Waals surface area contributed by atoms with Crippen LogP contribution in [0.1, 0.15) is 13.3 Å². The Balaban J connectivity index is 2.58. The topological polar surface area (TPSA) is 81.1 Å². The van der Waals surface area contributed by atoms with Gasteiger partial charge in [0.1, 0.15) is 6.04 Å². The molecular weight excluding hydrogens is 212 g/mol. The van der Waals surface area contributed by atoms with Gasteiger partial charge in [-0.3, -0.25) is 14.5 Å². The van der Waals surface area contributed by atoms with Crippen LogP contribution in [0.15, 0.2) is 0 Å². The van der Waals surface area contributed by atoms with Gasteiger partial charge in [0.2, 0.25) is 5.91 Å². The first-order valence-corrected chi connectivity index (χ1v) is 5.34. The Morgan fingerprint density at radius 1 is 1.50 bits per heavy atom. The summed E-state index contributed by atoms with van der Waals surface area (Å²) in [7, 11) is 1.67. The number of aliphatic hydroxyl groups is 1. The van der Waals surface area contributed by atoms with E-state index in [4.69, 9.17) is 5.11 Å². The number of likely N-dealkylation sites (N-methyl/N-ethyl adjacent to an activating group) is 1. The second-order valence-electron chi connectivity index (χ2n) is 4.08. The number of carbonyl (C=O) groups is 2. The fourth-order valence-corrected chi connectivity index (χ4v) is 1.78. The zero-order valence-corrected chi connectivity index (χ0v) is 9.59. The first kappa shape index (κ1) is 12.9. The third-order valence-electron chi connectivity index (χ3n) is 2.90. The molecule has 0 aromatic heterocycles. The Kier molecular flexibility index (Phi) is 4.26. The number of carboxylic acid groups (broad SMARTS) is 1. The predicted octanol–water partition coefficient (Wildman–Crippen LogP) is -1.02. The molecule has 6 heteroatoms. The average molecular weight is 230 g/mol. The Labute approximate surface area is 94.4 Å². The molecule has 1 heterocycles. The second kappa shape index (κ2) is 5.27. The molecule has 1 aliphatic heterocycles. The Hall–Kier alpha value is -1.14. The van der Waals surface area contributed by atoms with E-state index >= 15 is 0 Å². The lowest BCUT2D eigenvalue weighted by Crippen LogP contribution is -2.43. The van der Waals surface area contributed by atoms with Crippen LogP contribution < -0.4 is 0 Å². The molecule has 0 radical (unpaired) electrons. The Morgan fingerprint density at radius 2 is 2.12 bits per heavy atom. The number of carboxylic acids is 1. The molecule has 1 amide bonds. The molecule has 6 nitrogen and oxygen atoms in total. The van der Waals surface area contributed by atoms with E-state index in [9.17, 15) is 14.7 Å². The molecule has 1 saturated heterocycles. The minimum absolute atomic E-state index is 0.0539. The predicted molar refractivity (Wildman–Crippen MR) is 56.9 cm³/mol. The SMILES string of the molecule is CCN(C)C(=O)CN1CC(O)CC1C(=O)O. The number of aliphatic carboxylic acids is 1. The van der Waals surface area contributed by atoms with Gasteiger partial charge in [0, 0.05) is 26.6 Å². The van der Waals surface area contributed by atoms with E-state index in [-0.39, 0.29) is 25.4 Å². The average Bonchev–Trinajstić information content (AvgIpc) is 2.58. The number of hydrogen-bond acceptors (Lipinski definition) is 4. The van der Waals surface area contributed by atoms with Crippen molar-refractivity contribution in [2.45, 2.75) is 25.5 Å². The van der Waals surface area contributed by atoms with Crippen molar-refractivity contribution in [3.05, 3.63) is 0 Å². The second-order valence-corrected chi connectivity index (χ2v) is 4.08. The molecule has 1 aliphatic rings. The molecule has 2 atom stereocenters. The summed E-state index contributed by atoms with van der Waals surface area (Å²) in [5.41, 5.74) is 0. The summed E-state index contributed by atoms with van der Waals surface area (Å²) in [6.45, 7) is 2.75. The quantitative estimate of drug-likeness (QED) is 0.646. The van der Waals surface area contributed by atoms with Crippen LogP contribution in [0.4, 0.5) is 0 Å². The van der Waals surface area contributed by atoms with Crippen molar-refractivity contribution >= 4 is 11.9 Å². The summed E-state index contributed by atoms with van der Waals surface area (Å²) < 4.78 is 0. The number of hydrogen-bond donors (Lipinski definition) is 2. The van der Waals surface area contributed by atoms with Gasteiger partial charge in [-0.25, -0.2) is 0 Å². The highest BCUT2D eigenvalue weighted by Gasteiger charge is 2.37. The first-order chi connectivity index (χ1) is 7.45. The zero-order valence-electron chi connectivity index (χ0n) is 9.59. The summed E-state index contributed by atoms with van der Waals surface area (Å²) in [6, 6.07) is -0.746. The highest BCUT2D eigenvalue weighted by molar-refractivity contribution is 5.80. The standard InChI is InChI=1S/C10H18N2O4/c1-3-11(2)9(14)6-12-5-7(13)4-8(12)10(15)16/h7-8,13H,3-6H2,1-2H3,(H,15,16). The van der Waals surface area contributed by atoms with Crippen LogP contribution in [0.2, 0.25) is 0 Å². The molecule has 0 aromatic rings. The fraction of sp³-hybridized carbons (Fsp3) is 0.800. The summed E-state index contributed by atoms with van der Waals surface area (Å²) >= 11 is 0. The minimum Gasteiger partial charge on any atom is -0.480 e. The van der Waals surface area contributed by atoms with E-state index in [0.29, 0.717) is 6.54 Å². The smallest absolute Gasteiger partial charge is 0.321 e. The summed E-state index contributed by atoms with van der Waals surface area (Å²) in [6.07, 6.45) is -0.459. The van der Waals surface area contributed by atoms with Gasteiger partial charge < -0.3 is 15.1 Å². The molecular formula is C10H18N2O4. The largest absolute Gasteiger partial charge is 0.480 e. The molecule has 2 N–H and O–H groups in total. The monoisotopic (exact) mass is 230 g/mol. The van der Waals surface area contributed by atoms with Crippen molar-refractivity contribution in [2.24, 2.45) is 0 Å².